The minimum absolute atomic E-state index is 0.0614. The number of amides is 1. The molecule has 1 aliphatic heterocycles. The molecule has 1 saturated heterocycles. The normalized spacial score (nSPS) is 28.2. The Morgan fingerprint density at radius 2 is 1.95 bits per heavy atom. The van der Waals surface area contributed by atoms with Crippen LogP contribution in [0.3, 0.4) is 0 Å². The van der Waals surface area contributed by atoms with E-state index in [2.05, 4.69) is 15.6 Å². The molecule has 5 heteroatoms. The summed E-state index contributed by atoms with van der Waals surface area (Å²) in [6.45, 7) is 0. The van der Waals surface area contributed by atoms with Crippen LogP contribution in [0, 0.1) is 0 Å². The van der Waals surface area contributed by atoms with Gasteiger partial charge in [0.2, 0.25) is 5.91 Å². The first-order valence-corrected chi connectivity index (χ1v) is 7.87. The third-order valence-electron chi connectivity index (χ3n) is 4.83. The summed E-state index contributed by atoms with van der Waals surface area (Å²) in [6, 6.07) is 7.45. The van der Waals surface area contributed by atoms with Crippen molar-refractivity contribution in [1.29, 1.82) is 0 Å². The van der Waals surface area contributed by atoms with Crippen molar-refractivity contribution in [2.24, 2.45) is 0 Å². The fourth-order valence-electron chi connectivity index (χ4n) is 3.67. The van der Waals surface area contributed by atoms with Crippen molar-refractivity contribution in [2.45, 2.75) is 43.8 Å². The Bertz CT molecular complexity index is 731. The number of pyridine rings is 1. The van der Waals surface area contributed by atoms with Gasteiger partial charge in [0.1, 0.15) is 17.3 Å². The smallest absolute Gasteiger partial charge is 0.242 e. The van der Waals surface area contributed by atoms with E-state index in [0.29, 0.717) is 11.1 Å². The lowest BCUT2D eigenvalue weighted by Gasteiger charge is -2.40. The van der Waals surface area contributed by atoms with Gasteiger partial charge in [-0.2, -0.15) is 0 Å². The van der Waals surface area contributed by atoms with Crippen LogP contribution >= 0.6 is 0 Å². The molecule has 22 heavy (non-hydrogen) atoms. The Labute approximate surface area is 128 Å². The topological polar surface area (TPSA) is 74.2 Å². The molecule has 0 bridgehead atoms. The van der Waals surface area contributed by atoms with Gasteiger partial charge in [0, 0.05) is 29.2 Å². The highest BCUT2D eigenvalue weighted by Crippen LogP contribution is 2.34. The summed E-state index contributed by atoms with van der Waals surface area (Å²) in [4.78, 5) is 16.7. The Morgan fingerprint density at radius 1 is 1.14 bits per heavy atom. The first-order chi connectivity index (χ1) is 10.7. The molecule has 2 aromatic rings. The summed E-state index contributed by atoms with van der Waals surface area (Å²) in [6.07, 6.45) is 6.09. The number of carbonyl (C=O) groups excluding carboxylic acids is 1. The number of phenols is 1. The van der Waals surface area contributed by atoms with E-state index in [1.807, 2.05) is 24.3 Å². The van der Waals surface area contributed by atoms with Crippen LogP contribution in [-0.4, -0.2) is 28.1 Å². The lowest BCUT2D eigenvalue weighted by molar-refractivity contribution is -0.127. The molecule has 4 rings (SSSR count). The van der Waals surface area contributed by atoms with Crippen molar-refractivity contribution >= 4 is 16.8 Å². The van der Waals surface area contributed by atoms with Gasteiger partial charge >= 0.3 is 0 Å². The van der Waals surface area contributed by atoms with Gasteiger partial charge in [-0.1, -0.05) is 31.0 Å². The summed E-state index contributed by atoms with van der Waals surface area (Å²) >= 11 is 0. The number of fused-ring (bicyclic) bond motifs is 2. The summed E-state index contributed by atoms with van der Waals surface area (Å²) < 4.78 is 0. The second kappa shape index (κ2) is 5.25. The van der Waals surface area contributed by atoms with Gasteiger partial charge in [0.05, 0.1) is 0 Å². The molecular formula is C17H19N3O2. The van der Waals surface area contributed by atoms with Crippen molar-refractivity contribution in [3.63, 3.8) is 0 Å². The molecule has 1 amide bonds. The van der Waals surface area contributed by atoms with Crippen molar-refractivity contribution in [1.82, 2.24) is 15.6 Å². The average molecular weight is 297 g/mol. The predicted octanol–water partition coefficient (Wildman–Crippen LogP) is 2.01. The maximum Gasteiger partial charge on any atom is 0.242 e. The molecule has 2 fully saturated rings. The first-order valence-electron chi connectivity index (χ1n) is 7.87. The van der Waals surface area contributed by atoms with E-state index in [9.17, 15) is 9.90 Å². The van der Waals surface area contributed by atoms with Crippen LogP contribution < -0.4 is 10.6 Å². The number of rotatable bonds is 1. The summed E-state index contributed by atoms with van der Waals surface area (Å²) in [5.74, 6) is 0.0359. The van der Waals surface area contributed by atoms with Gasteiger partial charge in [-0.25, -0.2) is 0 Å². The van der Waals surface area contributed by atoms with Crippen LogP contribution in [0.1, 0.15) is 37.3 Å². The fraction of sp³-hybridized carbons (Fsp3) is 0.412. The number of nitrogens with zero attached hydrogens (tertiary/aromatic N) is 1. The molecule has 0 unspecified atom stereocenters. The van der Waals surface area contributed by atoms with E-state index in [0.717, 1.165) is 18.2 Å². The van der Waals surface area contributed by atoms with E-state index in [4.69, 9.17) is 0 Å². The molecule has 2 heterocycles. The Balaban J connectivity index is 1.71. The molecule has 3 N–H and O–H groups in total. The number of nitrogens with one attached hydrogen (secondary N) is 2. The highest BCUT2D eigenvalue weighted by molar-refractivity contribution is 5.90. The van der Waals surface area contributed by atoms with Crippen LogP contribution in [0.4, 0.5) is 0 Å². The molecule has 1 aromatic carbocycles. The molecule has 0 spiro atoms. The molecule has 3 atom stereocenters. The summed E-state index contributed by atoms with van der Waals surface area (Å²) in [5.41, 5.74) is 1.15. The molecule has 1 saturated carbocycles. The zero-order chi connectivity index (χ0) is 15.1. The van der Waals surface area contributed by atoms with Gasteiger partial charge in [-0.15, -0.1) is 0 Å². The van der Waals surface area contributed by atoms with Crippen molar-refractivity contribution < 1.29 is 9.90 Å². The molecule has 114 valence electrons. The zero-order valence-corrected chi connectivity index (χ0v) is 12.2. The quantitative estimate of drug-likeness (QED) is 0.753. The van der Waals surface area contributed by atoms with Gasteiger partial charge in [0.15, 0.2) is 0 Å². The Hall–Kier alpha value is -2.14. The molecule has 5 nitrogen and oxygen atoms in total. The highest BCUT2D eigenvalue weighted by atomic mass is 16.3. The lowest BCUT2D eigenvalue weighted by atomic mass is 9.86. The van der Waals surface area contributed by atoms with Crippen LogP contribution in [0.15, 0.2) is 30.5 Å². The van der Waals surface area contributed by atoms with Gasteiger partial charge in [-0.05, 0) is 18.9 Å². The first kappa shape index (κ1) is 13.5. The Morgan fingerprint density at radius 3 is 2.82 bits per heavy atom. The third-order valence-corrected chi connectivity index (χ3v) is 4.83. The number of hydrogen-bond acceptors (Lipinski definition) is 4. The van der Waals surface area contributed by atoms with E-state index in [1.54, 1.807) is 6.20 Å². The number of benzene rings is 1. The van der Waals surface area contributed by atoms with Crippen LogP contribution in [0.5, 0.6) is 5.75 Å². The second-order valence-electron chi connectivity index (χ2n) is 6.18. The number of phenolic OH excluding ortho intramolecular Hbond substituents is 1. The lowest BCUT2D eigenvalue weighted by Crippen LogP contribution is -2.61. The second-order valence-corrected chi connectivity index (χ2v) is 6.18. The van der Waals surface area contributed by atoms with Crippen molar-refractivity contribution in [3.8, 4) is 5.75 Å². The minimum atomic E-state index is -0.509. The zero-order valence-electron chi connectivity index (χ0n) is 12.2. The van der Waals surface area contributed by atoms with Crippen LogP contribution in [-0.2, 0) is 4.79 Å². The molecule has 1 aliphatic carbocycles. The number of hydrogen-bond donors (Lipinski definition) is 3. The van der Waals surface area contributed by atoms with Crippen molar-refractivity contribution in [3.05, 3.63) is 36.0 Å². The number of aromatic hydroxyl groups is 1. The number of carbonyl (C=O) groups is 1. The standard InChI is InChI=1S/C17H19N3O2/c21-16-11(8-7-10-4-3-9-18-14(10)16)15-17(22)20-13-6-2-1-5-12(13)19-15/h3-4,7-9,12-13,15,19,21H,1-2,5-6H2,(H,20,22)/t12-,13-,15-/m0/s1. The molecular weight excluding hydrogens is 278 g/mol. The average Bonchev–Trinajstić information content (AvgIpc) is 2.55. The molecule has 1 aromatic heterocycles. The fourth-order valence-corrected chi connectivity index (χ4v) is 3.67. The van der Waals surface area contributed by atoms with E-state index in [1.165, 1.54) is 12.8 Å². The monoisotopic (exact) mass is 297 g/mol. The number of piperazine rings is 1. The number of aromatic nitrogens is 1. The van der Waals surface area contributed by atoms with E-state index < -0.39 is 6.04 Å². The SMILES string of the molecule is O=C1N[C@H]2CCCC[C@@H]2N[C@H]1c1ccc2cccnc2c1O. The van der Waals surface area contributed by atoms with Crippen molar-refractivity contribution in [2.75, 3.05) is 0 Å². The third kappa shape index (κ3) is 2.13. The van der Waals surface area contributed by atoms with E-state index in [-0.39, 0.29) is 23.7 Å². The van der Waals surface area contributed by atoms with Gasteiger partial charge < -0.3 is 10.4 Å². The van der Waals surface area contributed by atoms with Gasteiger partial charge in [-0.3, -0.25) is 15.1 Å². The predicted molar refractivity (Wildman–Crippen MR) is 83.5 cm³/mol. The Kier molecular flexibility index (Phi) is 3.22. The van der Waals surface area contributed by atoms with Crippen LogP contribution in [0.2, 0.25) is 0 Å². The van der Waals surface area contributed by atoms with Gasteiger partial charge in [0.25, 0.3) is 0 Å². The van der Waals surface area contributed by atoms with Crippen LogP contribution in [0.25, 0.3) is 10.9 Å². The molecule has 2 aliphatic rings. The summed E-state index contributed by atoms with van der Waals surface area (Å²) in [7, 11) is 0. The largest absolute Gasteiger partial charge is 0.505 e. The minimum Gasteiger partial charge on any atom is -0.505 e. The highest BCUT2D eigenvalue weighted by Gasteiger charge is 2.38. The van der Waals surface area contributed by atoms with E-state index >= 15 is 0 Å². The molecule has 0 radical (unpaired) electrons. The maximum atomic E-state index is 12.4. The maximum absolute atomic E-state index is 12.4. The summed E-state index contributed by atoms with van der Waals surface area (Å²) in [5, 5.41) is 17.9.